The van der Waals surface area contributed by atoms with Gasteiger partial charge < -0.3 is 15.2 Å². The molecule has 2 fully saturated rings. The number of aliphatic hydroxyl groups is 1. The molecule has 6 heteroatoms. The zero-order valence-corrected chi connectivity index (χ0v) is 13.1. The topological polar surface area (TPSA) is 61.8 Å². The van der Waals surface area contributed by atoms with E-state index >= 15 is 0 Å². The second-order valence-electron chi connectivity index (χ2n) is 6.34. The lowest BCUT2D eigenvalue weighted by Crippen LogP contribution is -2.44. The highest BCUT2D eigenvalue weighted by Crippen LogP contribution is 2.31. The number of nitrogens with one attached hydrogen (secondary N) is 1. The number of benzene rings is 1. The van der Waals surface area contributed by atoms with Crippen molar-refractivity contribution in [2.24, 2.45) is 0 Å². The fourth-order valence-corrected chi connectivity index (χ4v) is 3.39. The lowest BCUT2D eigenvalue weighted by molar-refractivity contribution is -0.123. The number of carbonyl (C=O) groups is 1. The molecule has 0 unspecified atom stereocenters. The average molecular weight is 322 g/mol. The van der Waals surface area contributed by atoms with Crippen LogP contribution in [-0.2, 0) is 9.53 Å². The van der Waals surface area contributed by atoms with Crippen LogP contribution < -0.4 is 5.32 Å². The molecule has 2 heterocycles. The highest BCUT2D eigenvalue weighted by molar-refractivity contribution is 5.78. The van der Waals surface area contributed by atoms with Crippen molar-refractivity contribution in [1.29, 1.82) is 0 Å². The van der Waals surface area contributed by atoms with Crippen molar-refractivity contribution >= 4 is 5.91 Å². The van der Waals surface area contributed by atoms with E-state index in [0.29, 0.717) is 26.2 Å². The van der Waals surface area contributed by atoms with Gasteiger partial charge in [-0.25, -0.2) is 4.39 Å². The molecule has 2 atom stereocenters. The van der Waals surface area contributed by atoms with Crippen molar-refractivity contribution in [3.05, 3.63) is 35.6 Å². The van der Waals surface area contributed by atoms with Crippen molar-refractivity contribution in [2.45, 2.75) is 37.5 Å². The molecule has 2 saturated heterocycles. The van der Waals surface area contributed by atoms with E-state index in [1.807, 2.05) is 4.90 Å². The maximum Gasteiger partial charge on any atom is 0.234 e. The number of likely N-dealkylation sites (tertiary alicyclic amines) is 1. The predicted octanol–water partition coefficient (Wildman–Crippen LogP) is 1.23. The van der Waals surface area contributed by atoms with Gasteiger partial charge in [-0.05, 0) is 37.0 Å². The monoisotopic (exact) mass is 322 g/mol. The first-order valence-corrected chi connectivity index (χ1v) is 8.16. The Balaban J connectivity index is 1.60. The molecule has 0 aliphatic carbocycles. The molecule has 5 nitrogen and oxygen atoms in total. The number of nitrogens with zero attached hydrogens (tertiary/aromatic N) is 1. The first-order chi connectivity index (χ1) is 11.1. The van der Waals surface area contributed by atoms with Crippen molar-refractivity contribution in [1.82, 2.24) is 10.2 Å². The first kappa shape index (κ1) is 16.4. The molecule has 1 aromatic rings. The van der Waals surface area contributed by atoms with Crippen molar-refractivity contribution < 1.29 is 19.0 Å². The van der Waals surface area contributed by atoms with Gasteiger partial charge in [-0.2, -0.15) is 0 Å². The molecule has 0 saturated carbocycles. The number of ether oxygens (including phenoxy) is 1. The number of hydrogen-bond acceptors (Lipinski definition) is 4. The first-order valence-electron chi connectivity index (χ1n) is 8.16. The van der Waals surface area contributed by atoms with Crippen molar-refractivity contribution in [2.75, 3.05) is 26.3 Å². The Hall–Kier alpha value is -1.50. The Morgan fingerprint density at radius 2 is 2.00 bits per heavy atom. The van der Waals surface area contributed by atoms with Crippen LogP contribution in [0, 0.1) is 5.82 Å². The van der Waals surface area contributed by atoms with E-state index in [1.165, 1.54) is 12.1 Å². The largest absolute Gasteiger partial charge is 0.392 e. The van der Waals surface area contributed by atoms with E-state index in [9.17, 15) is 14.3 Å². The molecule has 126 valence electrons. The molecule has 1 amide bonds. The SMILES string of the molecule is O=C(CN1C[C@H](O)C[C@@H]1c1ccc(F)cc1)NC1CCOCC1. The van der Waals surface area contributed by atoms with Crippen LogP contribution in [0.15, 0.2) is 24.3 Å². The molecule has 0 radical (unpaired) electrons. The third-order valence-electron chi connectivity index (χ3n) is 4.57. The Kier molecular flexibility index (Phi) is 5.25. The van der Waals surface area contributed by atoms with Crippen LogP contribution in [-0.4, -0.2) is 54.4 Å². The van der Waals surface area contributed by atoms with E-state index < -0.39 is 6.10 Å². The van der Waals surface area contributed by atoms with Crippen molar-refractivity contribution in [3.8, 4) is 0 Å². The van der Waals surface area contributed by atoms with Gasteiger partial charge in [-0.3, -0.25) is 9.69 Å². The third kappa shape index (κ3) is 4.28. The zero-order chi connectivity index (χ0) is 16.2. The summed E-state index contributed by atoms with van der Waals surface area (Å²) in [5.74, 6) is -0.311. The van der Waals surface area contributed by atoms with Crippen LogP contribution in [0.2, 0.25) is 0 Å². The minimum atomic E-state index is -0.457. The summed E-state index contributed by atoms with van der Waals surface area (Å²) in [6, 6.07) is 6.41. The summed E-state index contributed by atoms with van der Waals surface area (Å²) >= 11 is 0. The second kappa shape index (κ2) is 7.38. The fraction of sp³-hybridized carbons (Fsp3) is 0.588. The van der Waals surface area contributed by atoms with Crippen LogP contribution in [0.3, 0.4) is 0 Å². The Morgan fingerprint density at radius 3 is 2.70 bits per heavy atom. The number of amides is 1. The maximum atomic E-state index is 13.1. The van der Waals surface area contributed by atoms with Gasteiger partial charge in [0.05, 0.1) is 12.6 Å². The van der Waals surface area contributed by atoms with E-state index in [2.05, 4.69) is 5.32 Å². The minimum Gasteiger partial charge on any atom is -0.392 e. The van der Waals surface area contributed by atoms with Crippen LogP contribution in [0.1, 0.15) is 30.9 Å². The van der Waals surface area contributed by atoms with Gasteiger partial charge in [0, 0.05) is 31.8 Å². The highest BCUT2D eigenvalue weighted by Gasteiger charge is 2.33. The molecule has 0 spiro atoms. The molecule has 3 rings (SSSR count). The summed E-state index contributed by atoms with van der Waals surface area (Å²) in [4.78, 5) is 14.2. The van der Waals surface area contributed by atoms with Gasteiger partial charge in [-0.1, -0.05) is 12.1 Å². The second-order valence-corrected chi connectivity index (χ2v) is 6.34. The number of aliphatic hydroxyl groups excluding tert-OH is 1. The third-order valence-corrected chi connectivity index (χ3v) is 4.57. The molecule has 1 aromatic carbocycles. The molecular formula is C17H23FN2O3. The fourth-order valence-electron chi connectivity index (χ4n) is 3.39. The van der Waals surface area contributed by atoms with E-state index in [-0.39, 0.29) is 30.4 Å². The van der Waals surface area contributed by atoms with Gasteiger partial charge in [0.25, 0.3) is 0 Å². The van der Waals surface area contributed by atoms with Crippen LogP contribution >= 0.6 is 0 Å². The lowest BCUT2D eigenvalue weighted by Gasteiger charge is -2.27. The quantitative estimate of drug-likeness (QED) is 0.875. The van der Waals surface area contributed by atoms with Crippen LogP contribution in [0.5, 0.6) is 0 Å². The Morgan fingerprint density at radius 1 is 1.30 bits per heavy atom. The minimum absolute atomic E-state index is 0.0295. The van der Waals surface area contributed by atoms with Crippen LogP contribution in [0.25, 0.3) is 0 Å². The normalized spacial score (nSPS) is 26.3. The molecule has 2 aliphatic heterocycles. The summed E-state index contributed by atoms with van der Waals surface area (Å²) in [6.45, 7) is 2.08. The number of carbonyl (C=O) groups excluding carboxylic acids is 1. The van der Waals surface area contributed by atoms with Crippen molar-refractivity contribution in [3.63, 3.8) is 0 Å². The molecule has 0 bridgehead atoms. The summed E-state index contributed by atoms with van der Waals surface area (Å²) in [5.41, 5.74) is 0.932. The Labute approximate surface area is 135 Å². The summed E-state index contributed by atoms with van der Waals surface area (Å²) in [6.07, 6.45) is 1.79. The van der Waals surface area contributed by atoms with E-state index in [1.54, 1.807) is 12.1 Å². The van der Waals surface area contributed by atoms with E-state index in [4.69, 9.17) is 4.74 Å². The molecular weight excluding hydrogens is 299 g/mol. The van der Waals surface area contributed by atoms with Gasteiger partial charge in [0.1, 0.15) is 5.82 Å². The molecule has 2 N–H and O–H groups in total. The zero-order valence-electron chi connectivity index (χ0n) is 13.1. The average Bonchev–Trinajstić information content (AvgIpc) is 2.89. The predicted molar refractivity (Wildman–Crippen MR) is 83.3 cm³/mol. The molecule has 0 aromatic heterocycles. The van der Waals surface area contributed by atoms with Gasteiger partial charge >= 0.3 is 0 Å². The number of halogens is 1. The summed E-state index contributed by atoms with van der Waals surface area (Å²) in [7, 11) is 0. The number of β-amino-alcohol motifs (C(OH)–C–C–N with tert-alkyl or cyclic N) is 1. The summed E-state index contributed by atoms with van der Waals surface area (Å²) < 4.78 is 18.4. The highest BCUT2D eigenvalue weighted by atomic mass is 19.1. The summed E-state index contributed by atoms with van der Waals surface area (Å²) in [5, 5.41) is 13.0. The standard InChI is InChI=1S/C17H23FN2O3/c18-13-3-1-12(2-4-13)16-9-15(21)10-20(16)11-17(22)19-14-5-7-23-8-6-14/h1-4,14-16,21H,5-11H2,(H,19,22)/t15-,16-/m1/s1. The molecule has 23 heavy (non-hydrogen) atoms. The van der Waals surface area contributed by atoms with Gasteiger partial charge in [0.15, 0.2) is 0 Å². The number of hydrogen-bond donors (Lipinski definition) is 2. The van der Waals surface area contributed by atoms with Gasteiger partial charge in [0.2, 0.25) is 5.91 Å². The molecule has 2 aliphatic rings. The lowest BCUT2D eigenvalue weighted by atomic mass is 10.0. The maximum absolute atomic E-state index is 13.1. The van der Waals surface area contributed by atoms with Gasteiger partial charge in [-0.15, -0.1) is 0 Å². The smallest absolute Gasteiger partial charge is 0.234 e. The van der Waals surface area contributed by atoms with Crippen LogP contribution in [0.4, 0.5) is 4.39 Å². The Bertz CT molecular complexity index is 531. The number of rotatable bonds is 4. The van der Waals surface area contributed by atoms with E-state index in [0.717, 1.165) is 18.4 Å².